The van der Waals surface area contributed by atoms with E-state index in [2.05, 4.69) is 66.7 Å². The minimum Gasteiger partial charge on any atom is -0.456 e. The highest BCUT2D eigenvalue weighted by Crippen LogP contribution is 2.40. The number of hydrogen-bond donors (Lipinski definition) is 0. The number of rotatable bonds is 4. The molecule has 0 spiro atoms. The second kappa shape index (κ2) is 10.5. The van der Waals surface area contributed by atoms with E-state index in [9.17, 15) is 4.79 Å². The molecule has 0 fully saturated rings. The number of benzene rings is 7. The Morgan fingerprint density at radius 2 is 0.913 bits per heavy atom. The van der Waals surface area contributed by atoms with Gasteiger partial charge in [0.1, 0.15) is 16.7 Å². The topological polar surface area (TPSA) is 43.4 Å². The molecule has 0 unspecified atom stereocenters. The van der Waals surface area contributed by atoms with E-state index in [0.29, 0.717) is 11.0 Å². The lowest BCUT2D eigenvalue weighted by Crippen LogP contribution is -2.02. The molecule has 0 atom stereocenters. The van der Waals surface area contributed by atoms with Crippen LogP contribution < -0.4 is 5.63 Å². The van der Waals surface area contributed by atoms with E-state index >= 15 is 0 Å². The van der Waals surface area contributed by atoms with Gasteiger partial charge in [-0.05, 0) is 87.0 Å². The Balaban J connectivity index is 1.25. The average molecular weight is 591 g/mol. The fourth-order valence-electron chi connectivity index (χ4n) is 6.78. The summed E-state index contributed by atoms with van der Waals surface area (Å²) >= 11 is 0. The fourth-order valence-corrected chi connectivity index (χ4v) is 6.78. The highest BCUT2D eigenvalue weighted by atomic mass is 16.4. The molecule has 0 amide bonds. The van der Waals surface area contributed by atoms with Gasteiger partial charge in [-0.1, -0.05) is 115 Å². The first-order chi connectivity index (χ1) is 22.7. The van der Waals surface area contributed by atoms with Gasteiger partial charge in [0.2, 0.25) is 0 Å². The van der Waals surface area contributed by atoms with Gasteiger partial charge in [0.05, 0.1) is 5.39 Å². The van der Waals surface area contributed by atoms with Crippen molar-refractivity contribution in [3.05, 3.63) is 168 Å². The van der Waals surface area contributed by atoms with Crippen molar-refractivity contribution in [2.24, 2.45) is 0 Å². The van der Waals surface area contributed by atoms with Crippen LogP contribution in [0.3, 0.4) is 0 Å². The molecule has 0 saturated heterocycles. The molecule has 2 aromatic heterocycles. The van der Waals surface area contributed by atoms with Crippen LogP contribution in [0.1, 0.15) is 0 Å². The summed E-state index contributed by atoms with van der Waals surface area (Å²) in [5, 5.41) is 4.45. The van der Waals surface area contributed by atoms with Crippen LogP contribution in [0.25, 0.3) is 88.2 Å². The Hall–Kier alpha value is -6.19. The van der Waals surface area contributed by atoms with E-state index in [0.717, 1.165) is 77.2 Å². The smallest absolute Gasteiger partial charge is 0.344 e. The molecule has 9 rings (SSSR count). The SMILES string of the molecule is O=c1oc2cc(-c3cccc4oc5ccccc5c34)ccc2c2cccc(-c3cc(-c4ccccc4)cc(-c4ccccc4)c3)c12. The van der Waals surface area contributed by atoms with E-state index in [-0.39, 0.29) is 5.63 Å². The first-order valence-corrected chi connectivity index (χ1v) is 15.4. The average Bonchev–Trinajstić information content (AvgIpc) is 3.51. The summed E-state index contributed by atoms with van der Waals surface area (Å²) in [6.07, 6.45) is 0. The molecular formula is C43H26O3. The Bertz CT molecular complexity index is 2590. The van der Waals surface area contributed by atoms with Gasteiger partial charge < -0.3 is 8.83 Å². The normalized spacial score (nSPS) is 11.6. The van der Waals surface area contributed by atoms with E-state index < -0.39 is 0 Å². The molecule has 0 N–H and O–H groups in total. The molecule has 0 aliphatic rings. The van der Waals surface area contributed by atoms with Crippen molar-refractivity contribution in [1.82, 2.24) is 0 Å². The lowest BCUT2D eigenvalue weighted by atomic mass is 9.91. The maximum Gasteiger partial charge on any atom is 0.344 e. The van der Waals surface area contributed by atoms with Gasteiger partial charge in [-0.25, -0.2) is 4.79 Å². The van der Waals surface area contributed by atoms with Gasteiger partial charge in [0, 0.05) is 21.5 Å². The third-order valence-corrected chi connectivity index (χ3v) is 8.91. The van der Waals surface area contributed by atoms with Crippen molar-refractivity contribution in [3.63, 3.8) is 0 Å². The molecule has 0 bridgehead atoms. The quantitative estimate of drug-likeness (QED) is 0.151. The molecule has 2 heterocycles. The molecule has 0 saturated carbocycles. The van der Waals surface area contributed by atoms with Crippen LogP contribution in [-0.4, -0.2) is 0 Å². The Kier molecular flexibility index (Phi) is 5.97. The van der Waals surface area contributed by atoms with Crippen molar-refractivity contribution < 1.29 is 8.83 Å². The molecule has 46 heavy (non-hydrogen) atoms. The minimum absolute atomic E-state index is 0.353. The van der Waals surface area contributed by atoms with Gasteiger partial charge in [0.15, 0.2) is 0 Å². The van der Waals surface area contributed by atoms with E-state index in [1.54, 1.807) is 0 Å². The summed E-state index contributed by atoms with van der Waals surface area (Å²) in [6.45, 7) is 0. The van der Waals surface area contributed by atoms with Crippen LogP contribution >= 0.6 is 0 Å². The summed E-state index contributed by atoms with van der Waals surface area (Å²) < 4.78 is 12.3. The zero-order valence-corrected chi connectivity index (χ0v) is 24.7. The fraction of sp³-hybridized carbons (Fsp3) is 0. The van der Waals surface area contributed by atoms with Crippen molar-refractivity contribution >= 4 is 43.7 Å². The first-order valence-electron chi connectivity index (χ1n) is 15.4. The largest absolute Gasteiger partial charge is 0.456 e. The summed E-state index contributed by atoms with van der Waals surface area (Å²) in [7, 11) is 0. The second-order valence-electron chi connectivity index (χ2n) is 11.6. The highest BCUT2D eigenvalue weighted by molar-refractivity contribution is 6.14. The zero-order valence-electron chi connectivity index (χ0n) is 24.7. The third-order valence-electron chi connectivity index (χ3n) is 8.91. The zero-order chi connectivity index (χ0) is 30.6. The van der Waals surface area contributed by atoms with Crippen LogP contribution in [0.15, 0.2) is 171 Å². The molecule has 0 radical (unpaired) electrons. The molecule has 7 aromatic carbocycles. The summed E-state index contributed by atoms with van der Waals surface area (Å²) in [5.41, 5.74) is 10.1. The van der Waals surface area contributed by atoms with Gasteiger partial charge >= 0.3 is 5.63 Å². The van der Waals surface area contributed by atoms with Crippen LogP contribution in [0.2, 0.25) is 0 Å². The van der Waals surface area contributed by atoms with Crippen LogP contribution in [0, 0.1) is 0 Å². The van der Waals surface area contributed by atoms with E-state index in [4.69, 9.17) is 8.83 Å². The van der Waals surface area contributed by atoms with Crippen molar-refractivity contribution in [2.45, 2.75) is 0 Å². The lowest BCUT2D eigenvalue weighted by Gasteiger charge is -2.13. The van der Waals surface area contributed by atoms with Gasteiger partial charge in [-0.2, -0.15) is 0 Å². The summed E-state index contributed by atoms with van der Waals surface area (Å²) in [6, 6.07) is 53.6. The Labute approximate surface area is 264 Å². The molecule has 3 heteroatoms. The maximum atomic E-state index is 13.9. The highest BCUT2D eigenvalue weighted by Gasteiger charge is 2.17. The number of furan rings is 1. The van der Waals surface area contributed by atoms with Crippen molar-refractivity contribution in [1.29, 1.82) is 0 Å². The standard InChI is InChI=1S/C43H26O3/c44-43-42-34(32-24-30(27-11-3-1-4-12-27)23-31(25-32)28-13-5-2-6-14-28)16-9-18-36(42)35-22-21-29(26-40(35)46-43)33-17-10-20-39-41(33)37-15-7-8-19-38(37)45-39/h1-26H. The number of hydrogen-bond acceptors (Lipinski definition) is 3. The lowest BCUT2D eigenvalue weighted by molar-refractivity contribution is 0.570. The molecule has 0 aliphatic carbocycles. The van der Waals surface area contributed by atoms with Gasteiger partial charge in [0.25, 0.3) is 0 Å². The Morgan fingerprint density at radius 3 is 1.65 bits per heavy atom. The minimum atomic E-state index is -0.353. The maximum absolute atomic E-state index is 13.9. The predicted molar refractivity (Wildman–Crippen MR) is 189 cm³/mol. The van der Waals surface area contributed by atoms with Crippen molar-refractivity contribution in [3.8, 4) is 44.5 Å². The Morgan fingerprint density at radius 1 is 0.326 bits per heavy atom. The molecule has 216 valence electrons. The van der Waals surface area contributed by atoms with E-state index in [1.165, 1.54) is 0 Å². The summed E-state index contributed by atoms with van der Waals surface area (Å²) in [5.74, 6) is 0. The van der Waals surface area contributed by atoms with Crippen molar-refractivity contribution in [2.75, 3.05) is 0 Å². The first kappa shape index (κ1) is 26.2. The number of fused-ring (bicyclic) bond motifs is 6. The molecule has 9 aromatic rings. The van der Waals surface area contributed by atoms with Gasteiger partial charge in [-0.3, -0.25) is 0 Å². The number of para-hydroxylation sites is 1. The molecular weight excluding hydrogens is 564 g/mol. The molecule has 0 aliphatic heterocycles. The molecule has 3 nitrogen and oxygen atoms in total. The monoisotopic (exact) mass is 590 g/mol. The second-order valence-corrected chi connectivity index (χ2v) is 11.6. The van der Waals surface area contributed by atoms with Crippen LogP contribution in [0.4, 0.5) is 0 Å². The van der Waals surface area contributed by atoms with Gasteiger partial charge in [-0.15, -0.1) is 0 Å². The third kappa shape index (κ3) is 4.25. The predicted octanol–water partition coefficient (Wildman–Crippen LogP) is 11.5. The summed E-state index contributed by atoms with van der Waals surface area (Å²) in [4.78, 5) is 13.9. The van der Waals surface area contributed by atoms with E-state index in [1.807, 2.05) is 91.0 Å². The van der Waals surface area contributed by atoms with Crippen LogP contribution in [0.5, 0.6) is 0 Å². The van der Waals surface area contributed by atoms with Crippen LogP contribution in [-0.2, 0) is 0 Å².